The van der Waals surface area contributed by atoms with Gasteiger partial charge < -0.3 is 25.4 Å². The zero-order chi connectivity index (χ0) is 36.4. The van der Waals surface area contributed by atoms with E-state index in [0.29, 0.717) is 59.5 Å². The maximum absolute atomic E-state index is 13.9. The number of benzene rings is 1. The van der Waals surface area contributed by atoms with Crippen LogP contribution in [0.2, 0.25) is 0 Å². The van der Waals surface area contributed by atoms with Crippen LogP contribution in [0.4, 0.5) is 9.93 Å². The Bertz CT molecular complexity index is 1990. The molecule has 2 fully saturated rings. The molecule has 3 aromatic rings. The normalized spacial score (nSPS) is 23.7. The Morgan fingerprint density at radius 3 is 2.69 bits per heavy atom. The first-order valence-corrected chi connectivity index (χ1v) is 19.4. The van der Waals surface area contributed by atoms with Gasteiger partial charge in [0.25, 0.3) is 5.91 Å². The van der Waals surface area contributed by atoms with E-state index in [2.05, 4.69) is 30.6 Å². The first kappa shape index (κ1) is 36.2. The van der Waals surface area contributed by atoms with Gasteiger partial charge in [0.2, 0.25) is 15.9 Å². The fourth-order valence-electron chi connectivity index (χ4n) is 5.81. The van der Waals surface area contributed by atoms with Crippen LogP contribution < -0.4 is 30.1 Å². The van der Waals surface area contributed by atoms with Crippen LogP contribution in [0.3, 0.4) is 0 Å². The molecule has 0 bridgehead atoms. The van der Waals surface area contributed by atoms with Crippen molar-refractivity contribution in [2.24, 2.45) is 10.9 Å². The predicted octanol–water partition coefficient (Wildman–Crippen LogP) is 4.72. The van der Waals surface area contributed by atoms with Gasteiger partial charge in [0, 0.05) is 47.5 Å². The second kappa shape index (κ2) is 14.6. The summed E-state index contributed by atoms with van der Waals surface area (Å²) < 4.78 is 38.9. The highest BCUT2D eigenvalue weighted by atomic mass is 32.2. The molecule has 1 aromatic carbocycles. The standard InChI is InChI=1S/C35H43N7O7S2/c1-21(2)37-33-40-28(20-50-33)27-18-29(24-11-10-23(48-4)17-26(24)38-27)49-16-12-25-30(43)41-35(31(44)42-51(46,47)34(3)13-14-34)19-22(35)9-7-5-6-8-15-36-32(45)39-25/h7,9-11,15,17-18,20-22,25H,5-6,8,12-14,16,19H2,1-4H3,(H,37,40)(H,39,45)(H,41,43)(H,42,44)/b9-7-,36-15?/t22-,25+,35-/m1/s1. The van der Waals surface area contributed by atoms with Crippen LogP contribution in [-0.4, -0.2) is 78.5 Å². The third-order valence-electron chi connectivity index (χ3n) is 9.31. The summed E-state index contributed by atoms with van der Waals surface area (Å²) in [6, 6.07) is 5.54. The Hall–Kier alpha value is -4.57. The van der Waals surface area contributed by atoms with E-state index in [1.807, 2.05) is 37.4 Å². The maximum Gasteiger partial charge on any atom is 0.341 e. The van der Waals surface area contributed by atoms with Gasteiger partial charge in [-0.25, -0.2) is 28.2 Å². The van der Waals surface area contributed by atoms with E-state index in [9.17, 15) is 22.8 Å². The monoisotopic (exact) mass is 737 g/mol. The summed E-state index contributed by atoms with van der Waals surface area (Å²) in [6.07, 6.45) is 8.34. The van der Waals surface area contributed by atoms with Gasteiger partial charge in [0.15, 0.2) is 5.13 Å². The number of sulfonamides is 1. The molecule has 2 saturated carbocycles. The molecule has 1 aliphatic heterocycles. The lowest BCUT2D eigenvalue weighted by atomic mass is 10.1. The largest absolute Gasteiger partial charge is 0.497 e. The number of nitrogens with zero attached hydrogens (tertiary/aromatic N) is 3. The highest BCUT2D eigenvalue weighted by Gasteiger charge is 2.62. The van der Waals surface area contributed by atoms with Gasteiger partial charge in [0.05, 0.1) is 29.7 Å². The molecule has 51 heavy (non-hydrogen) atoms. The topological polar surface area (TPSA) is 190 Å². The molecule has 3 atom stereocenters. The van der Waals surface area contributed by atoms with Gasteiger partial charge in [-0.05, 0) is 71.4 Å². The fraction of sp³-hybridized carbons (Fsp3) is 0.486. The third-order valence-corrected chi connectivity index (χ3v) is 12.2. The number of hydrogen-bond donors (Lipinski definition) is 4. The van der Waals surface area contributed by atoms with Gasteiger partial charge in [-0.1, -0.05) is 12.2 Å². The van der Waals surface area contributed by atoms with E-state index in [4.69, 9.17) is 14.5 Å². The van der Waals surface area contributed by atoms with Gasteiger partial charge in [-0.3, -0.25) is 14.3 Å². The van der Waals surface area contributed by atoms with Crippen molar-refractivity contribution in [1.82, 2.24) is 25.3 Å². The van der Waals surface area contributed by atoms with E-state index < -0.39 is 50.1 Å². The number of fused-ring (bicyclic) bond motifs is 2. The molecular formula is C35H43N7O7S2. The summed E-state index contributed by atoms with van der Waals surface area (Å²) in [7, 11) is -2.37. The number of amides is 4. The van der Waals surface area contributed by atoms with E-state index in [0.717, 1.165) is 11.6 Å². The molecule has 0 unspecified atom stereocenters. The highest BCUT2D eigenvalue weighted by molar-refractivity contribution is 7.91. The van der Waals surface area contributed by atoms with Gasteiger partial charge in [-0.2, -0.15) is 0 Å². The van der Waals surface area contributed by atoms with Gasteiger partial charge >= 0.3 is 6.03 Å². The number of allylic oxidation sites excluding steroid dienone is 1. The molecule has 2 aromatic heterocycles. The van der Waals surface area contributed by atoms with Crippen LogP contribution in [0.1, 0.15) is 65.7 Å². The Kier molecular flexibility index (Phi) is 10.4. The number of thiazole rings is 1. The number of methoxy groups -OCH3 is 1. The summed E-state index contributed by atoms with van der Waals surface area (Å²) in [6.45, 7) is 5.63. The molecule has 0 spiro atoms. The van der Waals surface area contributed by atoms with E-state index in [-0.39, 0.29) is 25.5 Å². The molecule has 0 radical (unpaired) electrons. The van der Waals surface area contributed by atoms with E-state index in [1.165, 1.54) is 17.6 Å². The molecule has 3 heterocycles. The molecule has 16 heteroatoms. The first-order valence-electron chi connectivity index (χ1n) is 17.0. The molecule has 14 nitrogen and oxygen atoms in total. The van der Waals surface area contributed by atoms with Crippen LogP contribution in [0.5, 0.6) is 11.5 Å². The lowest BCUT2D eigenvalue weighted by molar-refractivity contribution is -0.130. The van der Waals surface area contributed by atoms with E-state index in [1.54, 1.807) is 32.2 Å². The SMILES string of the molecule is COc1ccc2c(OCC[C@@H]3NC(=O)N=CCCC/C=C\[C@@H]4C[C@@]4(C(=O)NS(=O)(=O)C4(C)CC4)NC3=O)cc(-c3csc(NC(C)C)n3)nc2c1. The number of rotatable bonds is 11. The summed E-state index contributed by atoms with van der Waals surface area (Å²) >= 11 is 1.46. The number of pyridine rings is 1. The van der Waals surface area contributed by atoms with Crippen molar-refractivity contribution in [3.63, 3.8) is 0 Å². The molecule has 0 saturated heterocycles. The number of anilines is 1. The van der Waals surface area contributed by atoms with Crippen molar-refractivity contribution in [2.75, 3.05) is 19.0 Å². The number of hydrogen-bond acceptors (Lipinski definition) is 11. The van der Waals surface area contributed by atoms with Crippen LogP contribution in [0, 0.1) is 5.92 Å². The number of aromatic nitrogens is 2. The van der Waals surface area contributed by atoms with Crippen LogP contribution in [0.15, 0.2) is 46.8 Å². The second-order valence-electron chi connectivity index (χ2n) is 13.7. The Morgan fingerprint density at radius 1 is 1.14 bits per heavy atom. The van der Waals surface area contributed by atoms with Crippen molar-refractivity contribution < 1.29 is 32.3 Å². The van der Waals surface area contributed by atoms with Crippen molar-refractivity contribution in [3.8, 4) is 22.9 Å². The van der Waals surface area contributed by atoms with Crippen LogP contribution in [0.25, 0.3) is 22.3 Å². The molecule has 2 aliphatic carbocycles. The molecule has 3 aliphatic rings. The average Bonchev–Trinajstić information content (AvgIpc) is 3.96. The summed E-state index contributed by atoms with van der Waals surface area (Å²) in [5.41, 5.74) is 0.368. The second-order valence-corrected chi connectivity index (χ2v) is 16.7. The smallest absolute Gasteiger partial charge is 0.341 e. The number of carbonyl (C=O) groups excluding carboxylic acids is 3. The Morgan fingerprint density at radius 2 is 1.94 bits per heavy atom. The quantitative estimate of drug-likeness (QED) is 0.201. The highest BCUT2D eigenvalue weighted by Crippen LogP contribution is 2.47. The van der Waals surface area contributed by atoms with Crippen molar-refractivity contribution in [3.05, 3.63) is 41.8 Å². The number of ether oxygens (including phenoxy) is 2. The summed E-state index contributed by atoms with van der Waals surface area (Å²) in [5.74, 6) is -0.753. The van der Waals surface area contributed by atoms with Crippen LogP contribution >= 0.6 is 11.3 Å². The Labute approximate surface area is 301 Å². The minimum Gasteiger partial charge on any atom is -0.497 e. The third kappa shape index (κ3) is 8.17. The number of carbonyl (C=O) groups is 3. The minimum absolute atomic E-state index is 0.0100. The van der Waals surface area contributed by atoms with Gasteiger partial charge in [-0.15, -0.1) is 11.3 Å². The first-order chi connectivity index (χ1) is 24.3. The van der Waals surface area contributed by atoms with Crippen molar-refractivity contribution in [1.29, 1.82) is 0 Å². The number of nitrogens with one attached hydrogen (secondary N) is 4. The number of urea groups is 1. The molecule has 6 rings (SSSR count). The number of aliphatic imine (C=N–C) groups is 1. The molecule has 4 amide bonds. The molecular weight excluding hydrogens is 695 g/mol. The maximum atomic E-state index is 13.9. The minimum atomic E-state index is -3.95. The predicted molar refractivity (Wildman–Crippen MR) is 196 cm³/mol. The lowest BCUT2D eigenvalue weighted by Crippen LogP contribution is -2.57. The lowest BCUT2D eigenvalue weighted by Gasteiger charge is -2.24. The van der Waals surface area contributed by atoms with Crippen molar-refractivity contribution >= 4 is 61.5 Å². The zero-order valence-electron chi connectivity index (χ0n) is 29.0. The molecule has 4 N–H and O–H groups in total. The fourth-order valence-corrected chi connectivity index (χ4v) is 7.97. The van der Waals surface area contributed by atoms with E-state index >= 15 is 0 Å². The van der Waals surface area contributed by atoms with Crippen molar-refractivity contribution in [2.45, 2.75) is 88.1 Å². The molecule has 272 valence electrons. The van der Waals surface area contributed by atoms with Gasteiger partial charge in [0.1, 0.15) is 28.8 Å². The summed E-state index contributed by atoms with van der Waals surface area (Å²) in [5, 5.41) is 12.1. The van der Waals surface area contributed by atoms with Crippen LogP contribution in [-0.2, 0) is 19.6 Å². The zero-order valence-corrected chi connectivity index (χ0v) is 30.7. The average molecular weight is 738 g/mol. The summed E-state index contributed by atoms with van der Waals surface area (Å²) in [4.78, 5) is 53.7. The Balaban J connectivity index is 1.24.